The summed E-state index contributed by atoms with van der Waals surface area (Å²) in [5.41, 5.74) is 1.73. The number of nitrogens with zero attached hydrogens (tertiary/aromatic N) is 1. The van der Waals surface area contributed by atoms with E-state index in [1.807, 2.05) is 6.07 Å². The van der Waals surface area contributed by atoms with Crippen molar-refractivity contribution in [1.82, 2.24) is 0 Å². The first-order valence-corrected chi connectivity index (χ1v) is 8.44. The highest BCUT2D eigenvalue weighted by Crippen LogP contribution is 2.30. The molecule has 0 unspecified atom stereocenters. The lowest BCUT2D eigenvalue weighted by Crippen LogP contribution is -2.30. The van der Waals surface area contributed by atoms with Crippen LogP contribution in [-0.2, 0) is 20.7 Å². The van der Waals surface area contributed by atoms with E-state index >= 15 is 0 Å². The molecule has 138 valence electrons. The molecule has 1 atom stereocenters. The molecule has 0 saturated heterocycles. The summed E-state index contributed by atoms with van der Waals surface area (Å²) < 4.78 is 16.1. The average Bonchev–Trinajstić information content (AvgIpc) is 2.68. The third-order valence-electron chi connectivity index (χ3n) is 3.91. The van der Waals surface area contributed by atoms with Gasteiger partial charge in [-0.1, -0.05) is 6.07 Å². The number of carbonyl (C=O) groups is 2. The summed E-state index contributed by atoms with van der Waals surface area (Å²) in [6.45, 7) is 2.47. The SMILES string of the molecule is C[C@@H](OC(=O)Cc1ccc2c(c1)OCCO2)C(=O)Nc1ccc(C#N)cc1. The van der Waals surface area contributed by atoms with Gasteiger partial charge < -0.3 is 19.5 Å². The van der Waals surface area contributed by atoms with Crippen LogP contribution in [0.5, 0.6) is 11.5 Å². The van der Waals surface area contributed by atoms with E-state index in [-0.39, 0.29) is 6.42 Å². The molecule has 0 radical (unpaired) electrons. The van der Waals surface area contributed by atoms with Crippen molar-refractivity contribution < 1.29 is 23.8 Å². The lowest BCUT2D eigenvalue weighted by Gasteiger charge is -2.19. The van der Waals surface area contributed by atoms with Gasteiger partial charge >= 0.3 is 5.97 Å². The Hall–Kier alpha value is -3.53. The summed E-state index contributed by atoms with van der Waals surface area (Å²) in [5.74, 6) is 0.274. The fourth-order valence-electron chi connectivity index (χ4n) is 2.53. The van der Waals surface area contributed by atoms with Gasteiger partial charge in [-0.25, -0.2) is 0 Å². The Kier molecular flexibility index (Phi) is 5.57. The van der Waals surface area contributed by atoms with Crippen LogP contribution >= 0.6 is 0 Å². The van der Waals surface area contributed by atoms with Crippen LogP contribution in [0.3, 0.4) is 0 Å². The second-order valence-corrected chi connectivity index (χ2v) is 5.97. The number of carbonyl (C=O) groups excluding carboxylic acids is 2. The maximum absolute atomic E-state index is 12.2. The zero-order valence-electron chi connectivity index (χ0n) is 14.7. The van der Waals surface area contributed by atoms with Crippen LogP contribution in [0.25, 0.3) is 0 Å². The number of hydrogen-bond donors (Lipinski definition) is 1. The monoisotopic (exact) mass is 366 g/mol. The second-order valence-electron chi connectivity index (χ2n) is 5.97. The zero-order valence-corrected chi connectivity index (χ0v) is 14.7. The number of anilines is 1. The first-order valence-electron chi connectivity index (χ1n) is 8.44. The molecular formula is C20H18N2O5. The first kappa shape index (κ1) is 18.3. The third kappa shape index (κ3) is 4.76. The molecule has 0 aliphatic carbocycles. The largest absolute Gasteiger partial charge is 0.486 e. The molecule has 2 aromatic rings. The van der Waals surface area contributed by atoms with Gasteiger partial charge in [0.25, 0.3) is 5.91 Å². The van der Waals surface area contributed by atoms with Crippen molar-refractivity contribution in [3.63, 3.8) is 0 Å². The van der Waals surface area contributed by atoms with E-state index in [1.54, 1.807) is 42.5 Å². The summed E-state index contributed by atoms with van der Waals surface area (Å²) in [6.07, 6.45) is -0.934. The number of ether oxygens (including phenoxy) is 3. The van der Waals surface area contributed by atoms with Gasteiger partial charge in [-0.15, -0.1) is 0 Å². The fraction of sp³-hybridized carbons (Fsp3) is 0.250. The molecule has 1 amide bonds. The Morgan fingerprint density at radius 2 is 1.85 bits per heavy atom. The van der Waals surface area contributed by atoms with E-state index in [4.69, 9.17) is 19.5 Å². The summed E-state index contributed by atoms with van der Waals surface area (Å²) in [4.78, 5) is 24.3. The predicted octanol–water partition coefficient (Wildman–Crippen LogP) is 2.44. The molecule has 27 heavy (non-hydrogen) atoms. The second kappa shape index (κ2) is 8.23. The highest BCUT2D eigenvalue weighted by atomic mass is 16.6. The number of hydrogen-bond acceptors (Lipinski definition) is 6. The number of benzene rings is 2. The van der Waals surface area contributed by atoms with Gasteiger partial charge in [0.2, 0.25) is 0 Å². The van der Waals surface area contributed by atoms with Gasteiger partial charge in [0, 0.05) is 5.69 Å². The van der Waals surface area contributed by atoms with Gasteiger partial charge in [-0.3, -0.25) is 9.59 Å². The molecule has 0 bridgehead atoms. The van der Waals surface area contributed by atoms with E-state index in [9.17, 15) is 9.59 Å². The summed E-state index contributed by atoms with van der Waals surface area (Å²) in [6, 6.07) is 13.6. The topological polar surface area (TPSA) is 97.7 Å². The predicted molar refractivity (Wildman–Crippen MR) is 96.5 cm³/mol. The molecule has 0 fully saturated rings. The van der Waals surface area contributed by atoms with E-state index in [0.29, 0.717) is 41.5 Å². The van der Waals surface area contributed by atoms with Crippen molar-refractivity contribution in [2.75, 3.05) is 18.5 Å². The molecule has 0 aromatic heterocycles. The Morgan fingerprint density at radius 3 is 2.56 bits per heavy atom. The van der Waals surface area contributed by atoms with Crippen LogP contribution in [0.15, 0.2) is 42.5 Å². The first-order chi connectivity index (χ1) is 13.0. The molecule has 1 aliphatic rings. The highest BCUT2D eigenvalue weighted by Gasteiger charge is 2.19. The van der Waals surface area contributed by atoms with Crippen molar-refractivity contribution in [2.45, 2.75) is 19.4 Å². The molecule has 0 saturated carbocycles. The van der Waals surface area contributed by atoms with E-state index in [0.717, 1.165) is 0 Å². The lowest BCUT2D eigenvalue weighted by atomic mass is 10.1. The van der Waals surface area contributed by atoms with Gasteiger partial charge in [-0.2, -0.15) is 5.26 Å². The summed E-state index contributed by atoms with van der Waals surface area (Å²) in [5, 5.41) is 11.4. The van der Waals surface area contributed by atoms with Crippen molar-refractivity contribution in [3.8, 4) is 17.6 Å². The van der Waals surface area contributed by atoms with Crippen molar-refractivity contribution >= 4 is 17.6 Å². The lowest BCUT2D eigenvalue weighted by molar-refractivity contribution is -0.152. The van der Waals surface area contributed by atoms with Crippen LogP contribution < -0.4 is 14.8 Å². The zero-order chi connectivity index (χ0) is 19.2. The Balaban J connectivity index is 1.53. The fourth-order valence-corrected chi connectivity index (χ4v) is 2.53. The van der Waals surface area contributed by atoms with Gasteiger partial charge in [0.05, 0.1) is 18.1 Å². The molecule has 7 nitrogen and oxygen atoms in total. The van der Waals surface area contributed by atoms with E-state index < -0.39 is 18.0 Å². The van der Waals surface area contributed by atoms with E-state index in [1.165, 1.54) is 6.92 Å². The highest BCUT2D eigenvalue weighted by molar-refractivity contribution is 5.95. The Bertz CT molecular complexity index is 886. The van der Waals surface area contributed by atoms with Gasteiger partial charge in [0.15, 0.2) is 17.6 Å². The average molecular weight is 366 g/mol. The van der Waals surface area contributed by atoms with Crippen LogP contribution in [0, 0.1) is 11.3 Å². The molecule has 1 heterocycles. The molecule has 1 N–H and O–H groups in total. The standard InChI is InChI=1S/C20H18N2O5/c1-13(20(24)22-16-5-2-14(12-21)3-6-16)27-19(23)11-15-4-7-17-18(10-15)26-9-8-25-17/h2-7,10,13H,8-9,11H2,1H3,(H,22,24)/t13-/m1/s1. The van der Waals surface area contributed by atoms with Crippen molar-refractivity contribution in [1.29, 1.82) is 5.26 Å². The maximum Gasteiger partial charge on any atom is 0.311 e. The van der Waals surface area contributed by atoms with Crippen LogP contribution in [-0.4, -0.2) is 31.2 Å². The molecule has 2 aromatic carbocycles. The van der Waals surface area contributed by atoms with Gasteiger partial charge in [-0.05, 0) is 48.9 Å². The smallest absolute Gasteiger partial charge is 0.311 e. The van der Waals surface area contributed by atoms with Crippen molar-refractivity contribution in [2.24, 2.45) is 0 Å². The number of nitrogens with one attached hydrogen (secondary N) is 1. The molecular weight excluding hydrogens is 348 g/mol. The minimum absolute atomic E-state index is 0.0190. The molecule has 1 aliphatic heterocycles. The normalized spacial score (nSPS) is 13.2. The number of rotatable bonds is 5. The maximum atomic E-state index is 12.2. The number of nitriles is 1. The molecule has 7 heteroatoms. The van der Waals surface area contributed by atoms with Crippen LogP contribution in [0.2, 0.25) is 0 Å². The molecule has 3 rings (SSSR count). The van der Waals surface area contributed by atoms with Crippen molar-refractivity contribution in [3.05, 3.63) is 53.6 Å². The number of esters is 1. The Morgan fingerprint density at radius 1 is 1.15 bits per heavy atom. The van der Waals surface area contributed by atoms with E-state index in [2.05, 4.69) is 5.32 Å². The number of fused-ring (bicyclic) bond motifs is 1. The minimum Gasteiger partial charge on any atom is -0.486 e. The van der Waals surface area contributed by atoms with Crippen LogP contribution in [0.1, 0.15) is 18.1 Å². The number of amides is 1. The molecule has 0 spiro atoms. The van der Waals surface area contributed by atoms with Gasteiger partial charge in [0.1, 0.15) is 13.2 Å². The summed E-state index contributed by atoms with van der Waals surface area (Å²) in [7, 11) is 0. The quantitative estimate of drug-likeness (QED) is 0.816. The third-order valence-corrected chi connectivity index (χ3v) is 3.91. The minimum atomic E-state index is -0.953. The van der Waals surface area contributed by atoms with Crippen LogP contribution in [0.4, 0.5) is 5.69 Å². The summed E-state index contributed by atoms with van der Waals surface area (Å²) >= 11 is 0. The Labute approximate surface area is 156 Å².